The zero-order valence-corrected chi connectivity index (χ0v) is 28.7. The Hall–Kier alpha value is -6.36. The summed E-state index contributed by atoms with van der Waals surface area (Å²) in [6.07, 6.45) is 4.67. The molecular formula is C41H28N2O6S2. The summed E-state index contributed by atoms with van der Waals surface area (Å²) in [7, 11) is 1.35. The quantitative estimate of drug-likeness (QED) is 0.101. The van der Waals surface area contributed by atoms with Crippen LogP contribution < -0.4 is 10.3 Å². The number of fused-ring (bicyclic) bond motifs is 2. The number of aromatic carboxylic acids is 1. The molecule has 10 heteroatoms. The number of carbonyl (C=O) groups is 2. The second kappa shape index (κ2) is 14.2. The molecule has 0 fully saturated rings. The number of carboxylic acids is 1. The van der Waals surface area contributed by atoms with E-state index in [0.717, 1.165) is 70.7 Å². The standard InChI is InChI=1S/C21H15NO3S.C20H13NO3S/c1-25-21(23)19-11-17-18(12-22(24)13-20(17)26-19)16-9-5-8-15(10-16)14-6-3-2-4-7-14;22-19-18-15(10-17(25-18)20(23)24)16(11-21-19)14-8-4-7-13(9-14)12-5-2-1-3-6-12/h2-13H,1H3;1-11H,(H,21,22)(H,23,24). The van der Waals surface area contributed by atoms with Crippen LogP contribution in [-0.2, 0) is 4.74 Å². The van der Waals surface area contributed by atoms with Crippen LogP contribution in [-0.4, -0.2) is 29.1 Å². The summed E-state index contributed by atoms with van der Waals surface area (Å²) in [4.78, 5) is 38.5. The third-order valence-corrected chi connectivity index (χ3v) is 10.5. The number of rotatable bonds is 6. The normalized spacial score (nSPS) is 10.8. The van der Waals surface area contributed by atoms with Crippen molar-refractivity contribution in [3.63, 3.8) is 0 Å². The van der Waals surface area contributed by atoms with Crippen molar-refractivity contribution in [3.05, 3.63) is 165 Å². The van der Waals surface area contributed by atoms with Gasteiger partial charge in [-0.1, -0.05) is 97.1 Å². The third kappa shape index (κ3) is 6.91. The van der Waals surface area contributed by atoms with Gasteiger partial charge in [0.25, 0.3) is 5.56 Å². The number of thiophene rings is 2. The Morgan fingerprint density at radius 1 is 0.667 bits per heavy atom. The Morgan fingerprint density at radius 3 is 1.80 bits per heavy atom. The molecule has 0 aliphatic rings. The maximum atomic E-state index is 12.1. The molecular weight excluding hydrogens is 681 g/mol. The molecule has 0 saturated carbocycles. The molecule has 8 rings (SSSR count). The highest BCUT2D eigenvalue weighted by molar-refractivity contribution is 7.21. The number of nitrogens with zero attached hydrogens (tertiary/aromatic N) is 1. The number of benzene rings is 4. The lowest BCUT2D eigenvalue weighted by atomic mass is 9.98. The number of carboxylic acid groups (broad SMARTS) is 1. The lowest BCUT2D eigenvalue weighted by Crippen LogP contribution is -2.24. The maximum absolute atomic E-state index is 12.1. The van der Waals surface area contributed by atoms with Crippen molar-refractivity contribution in [1.82, 2.24) is 4.98 Å². The molecule has 0 aliphatic heterocycles. The first-order valence-corrected chi connectivity index (χ1v) is 17.4. The fourth-order valence-corrected chi connectivity index (χ4v) is 7.80. The molecule has 0 aliphatic carbocycles. The van der Waals surface area contributed by atoms with E-state index in [1.807, 2.05) is 103 Å². The number of hydrogen-bond donors (Lipinski definition) is 2. The Morgan fingerprint density at radius 2 is 1.22 bits per heavy atom. The van der Waals surface area contributed by atoms with E-state index in [2.05, 4.69) is 11.1 Å². The van der Waals surface area contributed by atoms with Gasteiger partial charge in [0.1, 0.15) is 19.2 Å². The molecule has 0 bridgehead atoms. The number of carbonyl (C=O) groups excluding carboxylic acids is 1. The summed E-state index contributed by atoms with van der Waals surface area (Å²) in [6.45, 7) is 0. The highest BCUT2D eigenvalue weighted by Gasteiger charge is 2.18. The molecule has 250 valence electrons. The summed E-state index contributed by atoms with van der Waals surface area (Å²) in [6, 6.07) is 39.5. The van der Waals surface area contributed by atoms with Crippen LogP contribution in [0.3, 0.4) is 0 Å². The van der Waals surface area contributed by atoms with Crippen molar-refractivity contribution in [2.45, 2.75) is 0 Å². The number of H-pyrrole nitrogens is 1. The highest BCUT2D eigenvalue weighted by Crippen LogP contribution is 2.36. The minimum Gasteiger partial charge on any atom is -0.619 e. The number of aromatic nitrogens is 2. The smallest absolute Gasteiger partial charge is 0.348 e. The van der Waals surface area contributed by atoms with E-state index in [4.69, 9.17) is 4.74 Å². The van der Waals surface area contributed by atoms with Crippen molar-refractivity contribution < 1.29 is 24.2 Å². The van der Waals surface area contributed by atoms with Gasteiger partial charge in [0.15, 0.2) is 12.4 Å². The van der Waals surface area contributed by atoms with Crippen LogP contribution in [0.4, 0.5) is 0 Å². The van der Waals surface area contributed by atoms with Crippen LogP contribution >= 0.6 is 22.7 Å². The van der Waals surface area contributed by atoms with Gasteiger partial charge < -0.3 is 20.0 Å². The van der Waals surface area contributed by atoms with E-state index < -0.39 is 11.9 Å². The second-order valence-electron chi connectivity index (χ2n) is 11.5. The number of methoxy groups -OCH3 is 1. The monoisotopic (exact) mass is 708 g/mol. The Balaban J connectivity index is 0.000000159. The lowest BCUT2D eigenvalue weighted by molar-refractivity contribution is -0.603. The summed E-state index contributed by atoms with van der Waals surface area (Å²) >= 11 is 2.26. The summed E-state index contributed by atoms with van der Waals surface area (Å²) < 4.78 is 6.77. The SMILES string of the molecule is COC(=O)c1cc2c(-c3cccc(-c4ccccc4)c3)c[n+]([O-])cc2s1.O=C(O)c1cc2c(-c3cccc(-c4ccccc4)c3)c[nH]c(=O)c2s1. The lowest BCUT2D eigenvalue weighted by Gasteiger charge is -2.07. The fraction of sp³-hybridized carbons (Fsp3) is 0.0244. The molecule has 51 heavy (non-hydrogen) atoms. The topological polar surface area (TPSA) is 123 Å². The average Bonchev–Trinajstić information content (AvgIpc) is 3.82. The summed E-state index contributed by atoms with van der Waals surface area (Å²) in [5, 5.41) is 22.8. The van der Waals surface area contributed by atoms with Gasteiger partial charge in [-0.15, -0.1) is 22.7 Å². The van der Waals surface area contributed by atoms with E-state index in [1.165, 1.54) is 24.6 Å². The van der Waals surface area contributed by atoms with E-state index in [0.29, 0.717) is 15.0 Å². The predicted molar refractivity (Wildman–Crippen MR) is 203 cm³/mol. The molecule has 8 nitrogen and oxygen atoms in total. The summed E-state index contributed by atoms with van der Waals surface area (Å²) in [5.74, 6) is -1.42. The van der Waals surface area contributed by atoms with Gasteiger partial charge >= 0.3 is 11.9 Å². The van der Waals surface area contributed by atoms with Gasteiger partial charge in [-0.3, -0.25) is 4.79 Å². The molecule has 4 aromatic heterocycles. The van der Waals surface area contributed by atoms with Crippen molar-refractivity contribution in [3.8, 4) is 44.5 Å². The van der Waals surface area contributed by atoms with Crippen LogP contribution in [0.5, 0.6) is 0 Å². The first-order valence-electron chi connectivity index (χ1n) is 15.7. The van der Waals surface area contributed by atoms with Gasteiger partial charge in [0.2, 0.25) is 0 Å². The molecule has 0 atom stereocenters. The molecule has 0 unspecified atom stereocenters. The molecule has 2 N–H and O–H groups in total. The van der Waals surface area contributed by atoms with E-state index in [1.54, 1.807) is 24.5 Å². The molecule has 0 spiro atoms. The second-order valence-corrected chi connectivity index (χ2v) is 13.6. The zero-order valence-electron chi connectivity index (χ0n) is 27.0. The molecule has 0 radical (unpaired) electrons. The first-order chi connectivity index (χ1) is 24.8. The Kier molecular flexibility index (Phi) is 9.26. The Labute approximate surface area is 299 Å². The highest BCUT2D eigenvalue weighted by atomic mass is 32.1. The first kappa shape index (κ1) is 33.2. The summed E-state index contributed by atoms with van der Waals surface area (Å²) in [5.41, 5.74) is 7.53. The molecule has 4 aromatic carbocycles. The van der Waals surface area contributed by atoms with Crippen LogP contribution in [0, 0.1) is 5.21 Å². The van der Waals surface area contributed by atoms with E-state index in [9.17, 15) is 24.7 Å². The maximum Gasteiger partial charge on any atom is 0.348 e. The van der Waals surface area contributed by atoms with Crippen molar-refractivity contribution in [1.29, 1.82) is 0 Å². The van der Waals surface area contributed by atoms with Gasteiger partial charge in [-0.25, -0.2) is 9.59 Å². The molecule has 0 saturated heterocycles. The number of nitrogens with one attached hydrogen (secondary N) is 1. The number of esters is 1. The largest absolute Gasteiger partial charge is 0.619 e. The minimum absolute atomic E-state index is 0.159. The molecule has 8 aromatic rings. The van der Waals surface area contributed by atoms with Gasteiger partial charge in [0.05, 0.1) is 12.7 Å². The van der Waals surface area contributed by atoms with Gasteiger partial charge in [-0.05, 0) is 57.6 Å². The van der Waals surface area contributed by atoms with Crippen LogP contribution in [0.2, 0.25) is 0 Å². The molecule has 0 amide bonds. The van der Waals surface area contributed by atoms with Crippen molar-refractivity contribution >= 4 is 54.8 Å². The number of hydrogen-bond acceptors (Lipinski definition) is 7. The van der Waals surface area contributed by atoms with Gasteiger partial charge in [-0.2, -0.15) is 4.73 Å². The number of aromatic amines is 1. The number of ether oxygens (including phenoxy) is 1. The fourth-order valence-electron chi connectivity index (χ4n) is 5.87. The van der Waals surface area contributed by atoms with E-state index in [-0.39, 0.29) is 10.4 Å². The van der Waals surface area contributed by atoms with Crippen LogP contribution in [0.15, 0.2) is 145 Å². The molecule has 4 heterocycles. The van der Waals surface area contributed by atoms with Crippen molar-refractivity contribution in [2.24, 2.45) is 0 Å². The Bertz CT molecular complexity index is 2610. The zero-order chi connectivity index (χ0) is 35.5. The average molecular weight is 709 g/mol. The predicted octanol–water partition coefficient (Wildman–Crippen LogP) is 9.28. The van der Waals surface area contributed by atoms with Crippen LogP contribution in [0.25, 0.3) is 64.7 Å². The van der Waals surface area contributed by atoms with Crippen molar-refractivity contribution in [2.75, 3.05) is 7.11 Å². The van der Waals surface area contributed by atoms with E-state index >= 15 is 0 Å². The third-order valence-electron chi connectivity index (χ3n) is 8.29. The van der Waals surface area contributed by atoms with Gasteiger partial charge in [0, 0.05) is 22.5 Å². The number of pyridine rings is 2. The van der Waals surface area contributed by atoms with Crippen LogP contribution in [0.1, 0.15) is 19.3 Å². The minimum atomic E-state index is -1.02.